The fourth-order valence-corrected chi connectivity index (χ4v) is 3.06. The van der Waals surface area contributed by atoms with Gasteiger partial charge in [0, 0.05) is 12.6 Å². The monoisotopic (exact) mass is 319 g/mol. The van der Waals surface area contributed by atoms with Crippen LogP contribution in [-0.4, -0.2) is 14.5 Å². The molecule has 1 aliphatic rings. The minimum atomic E-state index is -0.401. The first-order valence-corrected chi connectivity index (χ1v) is 7.59. The topological polar surface area (TPSA) is 78.0 Å². The van der Waals surface area contributed by atoms with Crippen LogP contribution >= 0.6 is 0 Å². The van der Waals surface area contributed by atoms with Crippen LogP contribution in [0.5, 0.6) is 0 Å². The molecule has 24 heavy (non-hydrogen) atoms. The van der Waals surface area contributed by atoms with Crippen LogP contribution in [0.15, 0.2) is 53.3 Å². The zero-order valence-corrected chi connectivity index (χ0v) is 12.7. The Morgan fingerprint density at radius 2 is 1.88 bits per heavy atom. The van der Waals surface area contributed by atoms with Gasteiger partial charge in [-0.05, 0) is 36.3 Å². The number of nitro benzene ring substituents is 1. The first-order chi connectivity index (χ1) is 11.6. The Balaban J connectivity index is 1.91. The van der Waals surface area contributed by atoms with Crippen LogP contribution < -0.4 is 5.56 Å². The van der Waals surface area contributed by atoms with Gasteiger partial charge >= 0.3 is 0 Å². The van der Waals surface area contributed by atoms with Gasteiger partial charge in [0.15, 0.2) is 0 Å². The summed E-state index contributed by atoms with van der Waals surface area (Å²) >= 11 is 0. The zero-order chi connectivity index (χ0) is 16.7. The molecule has 6 heteroatoms. The highest BCUT2D eigenvalue weighted by atomic mass is 16.6. The van der Waals surface area contributed by atoms with Gasteiger partial charge in [-0.15, -0.1) is 0 Å². The molecule has 0 bridgehead atoms. The summed E-state index contributed by atoms with van der Waals surface area (Å²) in [6.45, 7) is 0.540. The van der Waals surface area contributed by atoms with Crippen molar-refractivity contribution in [3.05, 3.63) is 80.4 Å². The maximum Gasteiger partial charge on any atom is 0.276 e. The van der Waals surface area contributed by atoms with Gasteiger partial charge in [-0.1, -0.05) is 24.3 Å². The van der Waals surface area contributed by atoms with Crippen molar-refractivity contribution in [2.45, 2.75) is 13.0 Å². The Labute approximate surface area is 136 Å². The molecule has 1 aliphatic heterocycles. The predicted molar refractivity (Wildman–Crippen MR) is 91.6 cm³/mol. The lowest BCUT2D eigenvalue weighted by Gasteiger charge is -2.05. The summed E-state index contributed by atoms with van der Waals surface area (Å²) in [7, 11) is 0. The van der Waals surface area contributed by atoms with E-state index in [2.05, 4.69) is 4.98 Å². The van der Waals surface area contributed by atoms with Gasteiger partial charge in [0.25, 0.3) is 11.2 Å². The quantitative estimate of drug-likeness (QED) is 0.536. The molecule has 3 aromatic rings. The molecule has 2 aromatic carbocycles. The van der Waals surface area contributed by atoms with E-state index in [0.717, 1.165) is 5.57 Å². The van der Waals surface area contributed by atoms with E-state index in [4.69, 9.17) is 0 Å². The molecule has 0 unspecified atom stereocenters. The maximum atomic E-state index is 12.6. The summed E-state index contributed by atoms with van der Waals surface area (Å²) in [6.07, 6.45) is 2.39. The van der Waals surface area contributed by atoms with E-state index >= 15 is 0 Å². The van der Waals surface area contributed by atoms with E-state index in [0.29, 0.717) is 35.3 Å². The molecule has 4 rings (SSSR count). The Morgan fingerprint density at radius 3 is 2.71 bits per heavy atom. The number of hydrogen-bond acceptors (Lipinski definition) is 4. The molecular weight excluding hydrogens is 306 g/mol. The molecule has 0 N–H and O–H groups in total. The van der Waals surface area contributed by atoms with E-state index in [1.54, 1.807) is 41.0 Å². The summed E-state index contributed by atoms with van der Waals surface area (Å²) < 4.78 is 1.64. The lowest BCUT2D eigenvalue weighted by atomic mass is 10.1. The van der Waals surface area contributed by atoms with Crippen LogP contribution in [0.4, 0.5) is 5.69 Å². The number of benzene rings is 2. The second-order valence-electron chi connectivity index (χ2n) is 5.64. The summed E-state index contributed by atoms with van der Waals surface area (Å²) in [5.41, 5.74) is 1.98. The third kappa shape index (κ3) is 2.20. The van der Waals surface area contributed by atoms with Gasteiger partial charge < -0.3 is 0 Å². The van der Waals surface area contributed by atoms with Crippen molar-refractivity contribution in [3.8, 4) is 0 Å². The van der Waals surface area contributed by atoms with E-state index in [1.165, 1.54) is 6.07 Å². The van der Waals surface area contributed by atoms with Crippen molar-refractivity contribution in [1.29, 1.82) is 0 Å². The molecule has 6 nitrogen and oxygen atoms in total. The first-order valence-electron chi connectivity index (χ1n) is 7.59. The number of para-hydroxylation sites is 2. The summed E-state index contributed by atoms with van der Waals surface area (Å²) in [6, 6.07) is 13.8. The third-order valence-electron chi connectivity index (χ3n) is 4.22. The molecule has 118 valence electrons. The van der Waals surface area contributed by atoms with Gasteiger partial charge in [-0.2, -0.15) is 0 Å². The van der Waals surface area contributed by atoms with Crippen molar-refractivity contribution in [2.24, 2.45) is 0 Å². The number of hydrogen-bond donors (Lipinski definition) is 0. The second-order valence-corrected chi connectivity index (χ2v) is 5.64. The normalized spacial score (nSPS) is 14.9. The van der Waals surface area contributed by atoms with E-state index in [9.17, 15) is 14.9 Å². The molecule has 0 saturated carbocycles. The van der Waals surface area contributed by atoms with Gasteiger partial charge in [0.2, 0.25) is 0 Å². The number of nitrogens with zero attached hydrogens (tertiary/aromatic N) is 3. The van der Waals surface area contributed by atoms with Crippen LogP contribution in [0.3, 0.4) is 0 Å². The SMILES string of the molecule is O=c1c2ccccc2nc2n1CC/C2=C\c1ccccc1[N+](=O)[O-]. The van der Waals surface area contributed by atoms with Crippen molar-refractivity contribution in [3.63, 3.8) is 0 Å². The molecular formula is C18H13N3O3. The number of fused-ring (bicyclic) bond motifs is 2. The lowest BCUT2D eigenvalue weighted by molar-refractivity contribution is -0.385. The van der Waals surface area contributed by atoms with Gasteiger partial charge in [0.05, 0.1) is 21.4 Å². The van der Waals surface area contributed by atoms with Gasteiger partial charge in [-0.25, -0.2) is 4.98 Å². The highest BCUT2D eigenvalue weighted by Crippen LogP contribution is 2.30. The van der Waals surface area contributed by atoms with E-state index < -0.39 is 4.92 Å². The summed E-state index contributed by atoms with van der Waals surface area (Å²) in [5, 5.41) is 11.8. The number of rotatable bonds is 2. The number of allylic oxidation sites excluding steroid dienone is 1. The van der Waals surface area contributed by atoms with Crippen LogP contribution in [0, 0.1) is 10.1 Å². The van der Waals surface area contributed by atoms with Crippen molar-refractivity contribution in [1.82, 2.24) is 9.55 Å². The molecule has 1 aromatic heterocycles. The Bertz CT molecular complexity index is 1070. The molecule has 0 spiro atoms. The molecule has 0 saturated heterocycles. The van der Waals surface area contributed by atoms with Crippen LogP contribution in [-0.2, 0) is 6.54 Å². The Kier molecular flexibility index (Phi) is 3.23. The summed E-state index contributed by atoms with van der Waals surface area (Å²) in [5.74, 6) is 0.594. The molecule has 0 atom stereocenters. The fourth-order valence-electron chi connectivity index (χ4n) is 3.06. The van der Waals surface area contributed by atoms with Gasteiger partial charge in [0.1, 0.15) is 5.82 Å². The molecule has 2 heterocycles. The minimum Gasteiger partial charge on any atom is -0.292 e. The molecule has 0 amide bonds. The third-order valence-corrected chi connectivity index (χ3v) is 4.22. The molecule has 0 aliphatic carbocycles. The number of aromatic nitrogens is 2. The highest BCUT2D eigenvalue weighted by molar-refractivity contribution is 5.86. The van der Waals surface area contributed by atoms with E-state index in [1.807, 2.05) is 12.1 Å². The Hall–Kier alpha value is -3.28. The average Bonchev–Trinajstić information content (AvgIpc) is 2.98. The molecule has 0 radical (unpaired) electrons. The van der Waals surface area contributed by atoms with Crippen molar-refractivity contribution in [2.75, 3.05) is 0 Å². The van der Waals surface area contributed by atoms with Crippen molar-refractivity contribution >= 4 is 28.2 Å². The van der Waals surface area contributed by atoms with Crippen LogP contribution in [0.2, 0.25) is 0 Å². The Morgan fingerprint density at radius 1 is 1.12 bits per heavy atom. The largest absolute Gasteiger partial charge is 0.292 e. The lowest BCUT2D eigenvalue weighted by Crippen LogP contribution is -2.20. The predicted octanol–water partition coefficient (Wildman–Crippen LogP) is 3.25. The maximum absolute atomic E-state index is 12.6. The second kappa shape index (κ2) is 5.42. The van der Waals surface area contributed by atoms with Gasteiger partial charge in [-0.3, -0.25) is 19.5 Å². The fraction of sp³-hybridized carbons (Fsp3) is 0.111. The average molecular weight is 319 g/mol. The standard InChI is InChI=1S/C18H13N3O3/c22-18-14-6-2-3-7-15(14)19-17-13(9-10-20(17)18)11-12-5-1-4-8-16(12)21(23)24/h1-8,11H,9-10H2/b13-11+. The smallest absolute Gasteiger partial charge is 0.276 e. The van der Waals surface area contributed by atoms with Crippen LogP contribution in [0.25, 0.3) is 22.6 Å². The first kappa shape index (κ1) is 14.3. The molecule has 0 fully saturated rings. The van der Waals surface area contributed by atoms with Crippen LogP contribution in [0.1, 0.15) is 17.8 Å². The zero-order valence-electron chi connectivity index (χ0n) is 12.7. The summed E-state index contributed by atoms with van der Waals surface area (Å²) in [4.78, 5) is 27.9. The van der Waals surface area contributed by atoms with E-state index in [-0.39, 0.29) is 11.2 Å². The minimum absolute atomic E-state index is 0.0478. The highest BCUT2D eigenvalue weighted by Gasteiger charge is 2.22. The van der Waals surface area contributed by atoms with Crippen molar-refractivity contribution < 1.29 is 4.92 Å². The number of nitro groups is 1.